The molecule has 2 amide bonds. The van der Waals surface area contributed by atoms with Crippen molar-refractivity contribution < 1.29 is 14.1 Å². The summed E-state index contributed by atoms with van der Waals surface area (Å²) in [6.45, 7) is 4.46. The van der Waals surface area contributed by atoms with Crippen LogP contribution < -0.4 is 10.1 Å². The third-order valence-corrected chi connectivity index (χ3v) is 7.37. The molecule has 8 nitrogen and oxygen atoms in total. The predicted octanol–water partition coefficient (Wildman–Crippen LogP) is 5.80. The Kier molecular flexibility index (Phi) is 5.99. The van der Waals surface area contributed by atoms with Gasteiger partial charge in [0.05, 0.1) is 11.6 Å². The van der Waals surface area contributed by atoms with Crippen molar-refractivity contribution in [1.82, 2.24) is 19.9 Å². The van der Waals surface area contributed by atoms with Gasteiger partial charge in [-0.15, -0.1) is 0 Å². The molecular formula is C27H26ClN5O3. The molecule has 0 atom stereocenters. The number of ether oxygens (including phenoxy) is 1. The number of urea groups is 1. The van der Waals surface area contributed by atoms with Crippen LogP contribution in [0, 0.1) is 5.41 Å². The lowest BCUT2D eigenvalue weighted by molar-refractivity contribution is -0.0200. The fraction of sp³-hybridized carbons (Fsp3) is 0.296. The van der Waals surface area contributed by atoms with Crippen LogP contribution in [0.15, 0.2) is 71.5 Å². The summed E-state index contributed by atoms with van der Waals surface area (Å²) in [5.74, 6) is 2.07. The molecule has 0 saturated carbocycles. The summed E-state index contributed by atoms with van der Waals surface area (Å²) >= 11 is 5.96. The average molecular weight is 504 g/mol. The zero-order chi connectivity index (χ0) is 24.5. The van der Waals surface area contributed by atoms with Gasteiger partial charge in [-0.1, -0.05) is 28.9 Å². The number of hydrogen-bond donors (Lipinski definition) is 1. The van der Waals surface area contributed by atoms with Crippen molar-refractivity contribution in [2.45, 2.75) is 19.4 Å². The number of halogens is 1. The maximum absolute atomic E-state index is 12.8. The van der Waals surface area contributed by atoms with E-state index < -0.39 is 0 Å². The van der Waals surface area contributed by atoms with E-state index in [1.165, 1.54) is 5.56 Å². The lowest BCUT2D eigenvalue weighted by atomic mass is 9.72. The van der Waals surface area contributed by atoms with Gasteiger partial charge in [-0.3, -0.25) is 10.2 Å². The SMILES string of the molecule is O=C(Nc1nccc2oncc12)N1CC2(CCN(Cc3cccc(Oc4ccc(Cl)cc4)c3)CC2)C1. The summed E-state index contributed by atoms with van der Waals surface area (Å²) < 4.78 is 11.1. The second-order valence-corrected chi connectivity index (χ2v) is 10.1. The van der Waals surface area contributed by atoms with E-state index in [2.05, 4.69) is 32.5 Å². The second-order valence-electron chi connectivity index (χ2n) is 9.66. The smallest absolute Gasteiger partial charge is 0.323 e. The molecule has 2 saturated heterocycles. The second kappa shape index (κ2) is 9.44. The molecule has 2 fully saturated rings. The number of piperidine rings is 1. The molecule has 184 valence electrons. The number of benzene rings is 2. The van der Waals surface area contributed by atoms with Crippen LogP contribution in [0.4, 0.5) is 10.6 Å². The topological polar surface area (TPSA) is 83.7 Å². The Labute approximate surface area is 213 Å². The highest BCUT2D eigenvalue weighted by molar-refractivity contribution is 6.30. The van der Waals surface area contributed by atoms with E-state index in [9.17, 15) is 4.79 Å². The third-order valence-electron chi connectivity index (χ3n) is 7.12. The molecule has 6 rings (SSSR count). The van der Waals surface area contributed by atoms with Crippen LogP contribution in [-0.4, -0.2) is 52.2 Å². The van der Waals surface area contributed by atoms with E-state index in [4.69, 9.17) is 20.9 Å². The van der Waals surface area contributed by atoms with E-state index in [1.807, 2.05) is 41.3 Å². The molecule has 2 aliphatic rings. The van der Waals surface area contributed by atoms with Gasteiger partial charge in [-0.2, -0.15) is 0 Å². The molecule has 1 N–H and O–H groups in total. The molecule has 2 aromatic heterocycles. The van der Waals surface area contributed by atoms with Gasteiger partial charge in [0.2, 0.25) is 0 Å². The minimum atomic E-state index is -0.123. The van der Waals surface area contributed by atoms with Crippen molar-refractivity contribution in [2.24, 2.45) is 5.41 Å². The quantitative estimate of drug-likeness (QED) is 0.370. The van der Waals surface area contributed by atoms with Gasteiger partial charge in [0.15, 0.2) is 5.58 Å². The Morgan fingerprint density at radius 2 is 1.89 bits per heavy atom. The fourth-order valence-corrected chi connectivity index (χ4v) is 5.21. The van der Waals surface area contributed by atoms with Crippen LogP contribution >= 0.6 is 11.6 Å². The molecule has 4 heterocycles. The highest BCUT2D eigenvalue weighted by Crippen LogP contribution is 2.41. The lowest BCUT2D eigenvalue weighted by Crippen LogP contribution is -2.62. The lowest BCUT2D eigenvalue weighted by Gasteiger charge is -2.53. The summed E-state index contributed by atoms with van der Waals surface area (Å²) in [6.07, 6.45) is 5.34. The first-order valence-electron chi connectivity index (χ1n) is 12.1. The summed E-state index contributed by atoms with van der Waals surface area (Å²) in [4.78, 5) is 21.4. The Morgan fingerprint density at radius 1 is 1.08 bits per heavy atom. The number of aromatic nitrogens is 2. The highest BCUT2D eigenvalue weighted by atomic mass is 35.5. The number of likely N-dealkylation sites (tertiary alicyclic amines) is 2. The van der Waals surface area contributed by atoms with Gasteiger partial charge < -0.3 is 14.2 Å². The Hall–Kier alpha value is -3.62. The predicted molar refractivity (Wildman–Crippen MR) is 137 cm³/mol. The standard InChI is InChI=1S/C27H26ClN5O3/c28-20-4-6-21(7-5-20)35-22-3-1-2-19(14-22)16-32-12-9-27(10-13-32)17-33(18-27)26(34)31-25-23-15-30-36-24(23)8-11-29-25/h1-8,11,14-15H,9-10,12-13,16-18H2,(H,29,31,34). The first kappa shape index (κ1) is 22.8. The third kappa shape index (κ3) is 4.74. The molecule has 36 heavy (non-hydrogen) atoms. The van der Waals surface area contributed by atoms with Crippen LogP contribution in [0.2, 0.25) is 5.02 Å². The van der Waals surface area contributed by atoms with Crippen LogP contribution in [-0.2, 0) is 6.54 Å². The molecule has 1 spiro atoms. The fourth-order valence-electron chi connectivity index (χ4n) is 5.09. The van der Waals surface area contributed by atoms with E-state index in [-0.39, 0.29) is 11.4 Å². The van der Waals surface area contributed by atoms with E-state index in [1.54, 1.807) is 18.5 Å². The van der Waals surface area contributed by atoms with E-state index >= 15 is 0 Å². The highest BCUT2D eigenvalue weighted by Gasteiger charge is 2.46. The van der Waals surface area contributed by atoms with Gasteiger partial charge in [-0.05, 0) is 67.9 Å². The van der Waals surface area contributed by atoms with Crippen LogP contribution in [0.1, 0.15) is 18.4 Å². The van der Waals surface area contributed by atoms with Gasteiger partial charge in [-0.25, -0.2) is 9.78 Å². The van der Waals surface area contributed by atoms with Crippen molar-refractivity contribution in [2.75, 3.05) is 31.5 Å². The number of anilines is 1. The molecule has 2 aromatic carbocycles. The summed E-state index contributed by atoms with van der Waals surface area (Å²) in [5.41, 5.74) is 2.04. The Balaban J connectivity index is 0.997. The van der Waals surface area contributed by atoms with Crippen LogP contribution in [0.3, 0.4) is 0 Å². The molecular weight excluding hydrogens is 478 g/mol. The Bertz CT molecular complexity index is 1370. The van der Waals surface area contributed by atoms with Crippen molar-refractivity contribution in [3.63, 3.8) is 0 Å². The first-order chi connectivity index (χ1) is 17.6. The number of pyridine rings is 1. The minimum absolute atomic E-state index is 0.123. The molecule has 0 aliphatic carbocycles. The number of nitrogens with zero attached hydrogens (tertiary/aromatic N) is 4. The Morgan fingerprint density at radius 3 is 2.69 bits per heavy atom. The van der Waals surface area contributed by atoms with Gasteiger partial charge >= 0.3 is 6.03 Å². The zero-order valence-electron chi connectivity index (χ0n) is 19.7. The maximum atomic E-state index is 12.8. The molecule has 0 unspecified atom stereocenters. The van der Waals surface area contributed by atoms with Crippen molar-refractivity contribution in [1.29, 1.82) is 0 Å². The number of amides is 2. The van der Waals surface area contributed by atoms with Crippen LogP contribution in [0.25, 0.3) is 11.0 Å². The summed E-state index contributed by atoms with van der Waals surface area (Å²) in [5, 5.41) is 8.09. The summed E-state index contributed by atoms with van der Waals surface area (Å²) in [7, 11) is 0. The monoisotopic (exact) mass is 503 g/mol. The number of carbonyl (C=O) groups is 1. The van der Waals surface area contributed by atoms with Gasteiger partial charge in [0.1, 0.15) is 17.3 Å². The summed E-state index contributed by atoms with van der Waals surface area (Å²) in [6, 6.07) is 17.2. The number of nitrogens with one attached hydrogen (secondary N) is 1. The normalized spacial score (nSPS) is 17.2. The maximum Gasteiger partial charge on any atom is 0.323 e. The van der Waals surface area contributed by atoms with Gasteiger partial charge in [0, 0.05) is 42.3 Å². The number of carbonyl (C=O) groups excluding carboxylic acids is 1. The number of fused-ring (bicyclic) bond motifs is 1. The van der Waals surface area contributed by atoms with Crippen molar-refractivity contribution in [3.05, 3.63) is 77.6 Å². The minimum Gasteiger partial charge on any atom is -0.457 e. The largest absolute Gasteiger partial charge is 0.457 e. The molecule has 4 aromatic rings. The molecule has 0 radical (unpaired) electrons. The number of rotatable bonds is 5. The van der Waals surface area contributed by atoms with Gasteiger partial charge in [0.25, 0.3) is 0 Å². The van der Waals surface area contributed by atoms with E-state index in [0.29, 0.717) is 21.8 Å². The number of hydrogen-bond acceptors (Lipinski definition) is 6. The molecule has 2 aliphatic heterocycles. The average Bonchev–Trinajstić information content (AvgIpc) is 3.35. The van der Waals surface area contributed by atoms with Crippen molar-refractivity contribution in [3.8, 4) is 11.5 Å². The van der Waals surface area contributed by atoms with Crippen molar-refractivity contribution >= 4 is 34.4 Å². The zero-order valence-corrected chi connectivity index (χ0v) is 20.4. The van der Waals surface area contributed by atoms with Crippen LogP contribution in [0.5, 0.6) is 11.5 Å². The molecule has 0 bridgehead atoms. The first-order valence-corrected chi connectivity index (χ1v) is 12.4. The van der Waals surface area contributed by atoms with E-state index in [0.717, 1.165) is 57.1 Å². The molecule has 9 heteroatoms.